The van der Waals surface area contributed by atoms with Crippen LogP contribution in [0, 0.1) is 0 Å². The Labute approximate surface area is 116 Å². The number of carbonyl (C=O) groups is 2. The van der Waals surface area contributed by atoms with Crippen molar-refractivity contribution >= 4 is 11.9 Å². The van der Waals surface area contributed by atoms with Crippen molar-refractivity contribution in [2.45, 2.75) is 64.3 Å². The van der Waals surface area contributed by atoms with Crippen molar-refractivity contribution in [2.24, 2.45) is 0 Å². The predicted molar refractivity (Wildman–Crippen MR) is 67.3 cm³/mol. The molecular weight excluding hydrogens is 272 g/mol. The number of aliphatic carboxylic acids is 2. The van der Waals surface area contributed by atoms with Gasteiger partial charge in [-0.15, -0.1) is 0 Å². The fourth-order valence-corrected chi connectivity index (χ4v) is 1.55. The quantitative estimate of drug-likeness (QED) is 0.445. The molecule has 8 heteroatoms. The molecule has 20 heavy (non-hydrogen) atoms. The van der Waals surface area contributed by atoms with E-state index >= 15 is 0 Å². The number of aliphatic hydroxyl groups excluding tert-OH is 2. The molecule has 0 radical (unpaired) electrons. The molecule has 0 saturated carbocycles. The molecule has 0 aromatic rings. The average molecular weight is 294 g/mol. The van der Waals surface area contributed by atoms with Crippen LogP contribution in [0.25, 0.3) is 0 Å². The first-order valence-electron chi connectivity index (χ1n) is 6.20. The molecule has 8 nitrogen and oxygen atoms in total. The maximum Gasteiger partial charge on any atom is 0.335 e. The zero-order valence-electron chi connectivity index (χ0n) is 11.9. The second kappa shape index (κ2) is 8.15. The van der Waals surface area contributed by atoms with Crippen molar-refractivity contribution in [3.8, 4) is 0 Å². The molecule has 0 aliphatic carbocycles. The van der Waals surface area contributed by atoms with Crippen molar-refractivity contribution < 1.29 is 39.5 Å². The Kier molecular flexibility index (Phi) is 7.66. The normalized spacial score (nSPS) is 17.8. The van der Waals surface area contributed by atoms with E-state index in [1.54, 1.807) is 27.7 Å². The summed E-state index contributed by atoms with van der Waals surface area (Å²) in [6, 6.07) is 0. The largest absolute Gasteiger partial charge is 0.479 e. The van der Waals surface area contributed by atoms with Crippen molar-refractivity contribution in [2.75, 3.05) is 0 Å². The lowest BCUT2D eigenvalue weighted by atomic mass is 10.0. The number of carboxylic acid groups (broad SMARTS) is 2. The molecule has 0 aromatic heterocycles. The van der Waals surface area contributed by atoms with Crippen LogP contribution in [-0.4, -0.2) is 69.0 Å². The summed E-state index contributed by atoms with van der Waals surface area (Å²) in [6.07, 6.45) is -8.24. The smallest absolute Gasteiger partial charge is 0.335 e. The minimum absolute atomic E-state index is 0.507. The molecule has 4 N–H and O–H groups in total. The lowest BCUT2D eigenvalue weighted by Gasteiger charge is -2.31. The van der Waals surface area contributed by atoms with E-state index in [-0.39, 0.29) is 0 Å². The highest BCUT2D eigenvalue weighted by atomic mass is 16.6. The first-order valence-corrected chi connectivity index (χ1v) is 6.20. The van der Waals surface area contributed by atoms with E-state index in [9.17, 15) is 19.8 Å². The van der Waals surface area contributed by atoms with Crippen LogP contribution in [-0.2, 0) is 19.1 Å². The number of hydrogen-bond donors (Lipinski definition) is 4. The SMILES string of the molecule is CC(C)OC(C(=O)O)C(O)C(OC(C)C)C(O)C(=O)O. The van der Waals surface area contributed by atoms with Crippen LogP contribution in [0.3, 0.4) is 0 Å². The molecule has 0 bridgehead atoms. The van der Waals surface area contributed by atoms with Gasteiger partial charge in [0.2, 0.25) is 0 Å². The summed E-state index contributed by atoms with van der Waals surface area (Å²) in [5, 5.41) is 37.4. The van der Waals surface area contributed by atoms with Crippen LogP contribution >= 0.6 is 0 Å². The molecule has 0 amide bonds. The van der Waals surface area contributed by atoms with Crippen LogP contribution in [0.15, 0.2) is 0 Å². The summed E-state index contributed by atoms with van der Waals surface area (Å²) >= 11 is 0. The van der Waals surface area contributed by atoms with Gasteiger partial charge in [0.1, 0.15) is 12.2 Å². The van der Waals surface area contributed by atoms with Gasteiger partial charge < -0.3 is 29.9 Å². The highest BCUT2D eigenvalue weighted by molar-refractivity contribution is 5.75. The molecule has 4 unspecified atom stereocenters. The van der Waals surface area contributed by atoms with E-state index in [4.69, 9.17) is 19.7 Å². The molecule has 0 aromatic carbocycles. The van der Waals surface area contributed by atoms with Crippen LogP contribution in [0.4, 0.5) is 0 Å². The molecule has 0 heterocycles. The van der Waals surface area contributed by atoms with Crippen molar-refractivity contribution in [3.05, 3.63) is 0 Å². The van der Waals surface area contributed by atoms with Crippen molar-refractivity contribution in [1.82, 2.24) is 0 Å². The van der Waals surface area contributed by atoms with Gasteiger partial charge in [-0.2, -0.15) is 0 Å². The van der Waals surface area contributed by atoms with Gasteiger partial charge in [-0.1, -0.05) is 0 Å². The van der Waals surface area contributed by atoms with Crippen LogP contribution in [0.5, 0.6) is 0 Å². The molecular formula is C12H22O8. The molecule has 118 valence electrons. The predicted octanol–water partition coefficient (Wildman–Crippen LogP) is -0.535. The van der Waals surface area contributed by atoms with E-state index in [2.05, 4.69) is 0 Å². The van der Waals surface area contributed by atoms with E-state index in [1.165, 1.54) is 0 Å². The van der Waals surface area contributed by atoms with Crippen molar-refractivity contribution in [3.63, 3.8) is 0 Å². The Morgan fingerprint density at radius 3 is 1.60 bits per heavy atom. The van der Waals surface area contributed by atoms with Gasteiger partial charge in [-0.25, -0.2) is 9.59 Å². The Hall–Kier alpha value is -1.22. The van der Waals surface area contributed by atoms with Gasteiger partial charge in [0.05, 0.1) is 12.2 Å². The molecule has 0 saturated heterocycles. The van der Waals surface area contributed by atoms with Gasteiger partial charge in [-0.3, -0.25) is 0 Å². The third-order valence-electron chi connectivity index (χ3n) is 2.30. The number of rotatable bonds is 9. The summed E-state index contributed by atoms with van der Waals surface area (Å²) in [6.45, 7) is 6.25. The topological polar surface area (TPSA) is 134 Å². The standard InChI is InChI=1S/C12H22O8/c1-5(2)19-9(8(14)11(15)16)7(13)10(12(17)18)20-6(3)4/h5-10,13-14H,1-4H3,(H,15,16)(H,17,18). The van der Waals surface area contributed by atoms with Gasteiger partial charge in [0.25, 0.3) is 0 Å². The summed E-state index contributed by atoms with van der Waals surface area (Å²) in [5.74, 6) is -3.09. The zero-order chi connectivity index (χ0) is 16.0. The average Bonchev–Trinajstić information content (AvgIpc) is 2.30. The Balaban J connectivity index is 5.20. The second-order valence-electron chi connectivity index (χ2n) is 4.87. The van der Waals surface area contributed by atoms with E-state index < -0.39 is 48.6 Å². The number of aliphatic hydroxyl groups is 2. The van der Waals surface area contributed by atoms with Gasteiger partial charge in [-0.05, 0) is 27.7 Å². The molecule has 0 spiro atoms. The Morgan fingerprint density at radius 2 is 1.30 bits per heavy atom. The molecule has 0 aliphatic rings. The molecule has 0 rings (SSSR count). The molecule has 0 fully saturated rings. The summed E-state index contributed by atoms with van der Waals surface area (Å²) in [5.41, 5.74) is 0. The summed E-state index contributed by atoms with van der Waals surface area (Å²) in [7, 11) is 0. The molecule has 0 aliphatic heterocycles. The first-order chi connectivity index (χ1) is 9.07. The lowest BCUT2D eigenvalue weighted by molar-refractivity contribution is -0.194. The third kappa shape index (κ3) is 5.83. The lowest BCUT2D eigenvalue weighted by Crippen LogP contribution is -2.53. The minimum Gasteiger partial charge on any atom is -0.479 e. The van der Waals surface area contributed by atoms with Gasteiger partial charge in [0, 0.05) is 0 Å². The highest BCUT2D eigenvalue weighted by Gasteiger charge is 2.41. The molecule has 4 atom stereocenters. The Bertz CT molecular complexity index is 327. The fraction of sp³-hybridized carbons (Fsp3) is 0.833. The monoisotopic (exact) mass is 294 g/mol. The van der Waals surface area contributed by atoms with E-state index in [1.807, 2.05) is 0 Å². The number of carboxylic acids is 2. The van der Waals surface area contributed by atoms with Gasteiger partial charge >= 0.3 is 11.9 Å². The van der Waals surface area contributed by atoms with Crippen LogP contribution in [0.2, 0.25) is 0 Å². The summed E-state index contributed by atoms with van der Waals surface area (Å²) in [4.78, 5) is 21.9. The van der Waals surface area contributed by atoms with Crippen LogP contribution in [0.1, 0.15) is 27.7 Å². The number of hydrogen-bond acceptors (Lipinski definition) is 6. The fourth-order valence-electron chi connectivity index (χ4n) is 1.55. The van der Waals surface area contributed by atoms with E-state index in [0.717, 1.165) is 0 Å². The summed E-state index contributed by atoms with van der Waals surface area (Å²) < 4.78 is 10.2. The minimum atomic E-state index is -2.06. The van der Waals surface area contributed by atoms with Crippen LogP contribution < -0.4 is 0 Å². The van der Waals surface area contributed by atoms with E-state index in [0.29, 0.717) is 0 Å². The zero-order valence-corrected chi connectivity index (χ0v) is 11.9. The maximum atomic E-state index is 11.1. The first kappa shape index (κ1) is 18.8. The Morgan fingerprint density at radius 1 is 0.850 bits per heavy atom. The maximum absolute atomic E-state index is 11.1. The second-order valence-corrected chi connectivity index (χ2v) is 4.87. The highest BCUT2D eigenvalue weighted by Crippen LogP contribution is 2.16. The number of ether oxygens (including phenoxy) is 2. The van der Waals surface area contributed by atoms with Crippen molar-refractivity contribution in [1.29, 1.82) is 0 Å². The third-order valence-corrected chi connectivity index (χ3v) is 2.30. The van der Waals surface area contributed by atoms with Gasteiger partial charge in [0.15, 0.2) is 12.2 Å².